The van der Waals surface area contributed by atoms with Gasteiger partial charge in [0, 0.05) is 24.2 Å². The molecule has 1 aliphatic rings. The van der Waals surface area contributed by atoms with E-state index in [1.807, 2.05) is 12.1 Å². The Morgan fingerprint density at radius 3 is 2.82 bits per heavy atom. The number of methoxy groups -OCH3 is 1. The lowest BCUT2D eigenvalue weighted by atomic mass is 10.1. The van der Waals surface area contributed by atoms with E-state index in [0.29, 0.717) is 12.1 Å². The van der Waals surface area contributed by atoms with Gasteiger partial charge in [-0.1, -0.05) is 18.2 Å². The molecule has 17 heavy (non-hydrogen) atoms. The molecule has 0 aliphatic carbocycles. The van der Waals surface area contributed by atoms with E-state index in [-0.39, 0.29) is 0 Å². The number of likely N-dealkylation sites (N-methyl/N-ethyl adjacent to an activating group) is 1. The highest BCUT2D eigenvalue weighted by atomic mass is 16.5. The predicted octanol–water partition coefficient (Wildman–Crippen LogP) is 2.05. The molecular weight excluding hydrogens is 212 g/mol. The molecule has 1 aromatic rings. The molecule has 1 fully saturated rings. The number of nitrogens with one attached hydrogen (secondary N) is 1. The molecule has 1 N–H and O–H groups in total. The highest BCUT2D eigenvalue weighted by Crippen LogP contribution is 2.25. The highest BCUT2D eigenvalue weighted by Gasteiger charge is 2.22. The fourth-order valence-electron chi connectivity index (χ4n) is 2.54. The van der Waals surface area contributed by atoms with Crippen LogP contribution in [0.2, 0.25) is 0 Å². The Bertz CT molecular complexity index is 367. The zero-order valence-corrected chi connectivity index (χ0v) is 10.9. The van der Waals surface area contributed by atoms with Crippen molar-refractivity contribution in [1.29, 1.82) is 0 Å². The Morgan fingerprint density at radius 1 is 1.41 bits per heavy atom. The third-order valence-corrected chi connectivity index (χ3v) is 3.48. The Balaban J connectivity index is 2.01. The van der Waals surface area contributed by atoms with Crippen molar-refractivity contribution in [1.82, 2.24) is 10.2 Å². The summed E-state index contributed by atoms with van der Waals surface area (Å²) >= 11 is 0. The van der Waals surface area contributed by atoms with Gasteiger partial charge in [0.2, 0.25) is 0 Å². The van der Waals surface area contributed by atoms with Crippen molar-refractivity contribution in [3.05, 3.63) is 29.8 Å². The first-order valence-electron chi connectivity index (χ1n) is 6.28. The monoisotopic (exact) mass is 234 g/mol. The molecule has 0 spiro atoms. The van der Waals surface area contributed by atoms with Crippen molar-refractivity contribution >= 4 is 0 Å². The average molecular weight is 234 g/mol. The standard InChI is InChI=1S/C14H22N2O/c1-11(15-12-8-9-16(2)10-12)13-6-4-5-7-14(13)17-3/h4-7,11-12,15H,8-10H2,1-3H3/t11-,12?/m0/s1. The minimum atomic E-state index is 0.336. The zero-order chi connectivity index (χ0) is 12.3. The Kier molecular flexibility index (Phi) is 4.02. The molecule has 3 heteroatoms. The van der Waals surface area contributed by atoms with Gasteiger partial charge in [-0.2, -0.15) is 0 Å². The van der Waals surface area contributed by atoms with E-state index in [0.717, 1.165) is 12.3 Å². The second-order valence-corrected chi connectivity index (χ2v) is 4.88. The van der Waals surface area contributed by atoms with Crippen LogP contribution in [0.15, 0.2) is 24.3 Å². The summed E-state index contributed by atoms with van der Waals surface area (Å²) in [7, 11) is 3.91. The molecule has 3 nitrogen and oxygen atoms in total. The van der Waals surface area contributed by atoms with E-state index in [1.54, 1.807) is 7.11 Å². The first-order valence-corrected chi connectivity index (χ1v) is 6.28. The molecule has 0 saturated carbocycles. The van der Waals surface area contributed by atoms with Gasteiger partial charge in [0.1, 0.15) is 5.75 Å². The van der Waals surface area contributed by atoms with Crippen molar-refractivity contribution < 1.29 is 4.74 Å². The second-order valence-electron chi connectivity index (χ2n) is 4.88. The number of benzene rings is 1. The number of hydrogen-bond donors (Lipinski definition) is 1. The molecule has 2 rings (SSSR count). The molecule has 0 radical (unpaired) electrons. The number of rotatable bonds is 4. The van der Waals surface area contributed by atoms with Gasteiger partial charge in [0.05, 0.1) is 7.11 Å². The smallest absolute Gasteiger partial charge is 0.123 e. The minimum Gasteiger partial charge on any atom is -0.496 e. The van der Waals surface area contributed by atoms with Crippen LogP contribution in [0, 0.1) is 0 Å². The van der Waals surface area contributed by atoms with E-state index < -0.39 is 0 Å². The van der Waals surface area contributed by atoms with Crippen LogP contribution in [-0.4, -0.2) is 38.2 Å². The van der Waals surface area contributed by atoms with Crippen molar-refractivity contribution in [2.75, 3.05) is 27.2 Å². The molecular formula is C14H22N2O. The number of ether oxygens (including phenoxy) is 1. The van der Waals surface area contributed by atoms with E-state index in [4.69, 9.17) is 4.74 Å². The Labute approximate surface area is 104 Å². The van der Waals surface area contributed by atoms with E-state index in [9.17, 15) is 0 Å². The maximum atomic E-state index is 5.40. The van der Waals surface area contributed by atoms with Crippen molar-refractivity contribution in [3.63, 3.8) is 0 Å². The SMILES string of the molecule is COc1ccccc1[C@H](C)NC1CCN(C)C1. The van der Waals surface area contributed by atoms with Gasteiger partial charge in [0.25, 0.3) is 0 Å². The third kappa shape index (κ3) is 2.99. The molecule has 0 aromatic heterocycles. The lowest BCUT2D eigenvalue weighted by Crippen LogP contribution is -2.33. The Morgan fingerprint density at radius 2 is 2.18 bits per heavy atom. The summed E-state index contributed by atoms with van der Waals surface area (Å²) in [6.45, 7) is 4.53. The average Bonchev–Trinajstić information content (AvgIpc) is 2.74. The minimum absolute atomic E-state index is 0.336. The third-order valence-electron chi connectivity index (χ3n) is 3.48. The van der Waals surface area contributed by atoms with Crippen LogP contribution in [-0.2, 0) is 0 Å². The van der Waals surface area contributed by atoms with Crippen LogP contribution in [0.5, 0.6) is 5.75 Å². The normalized spacial score (nSPS) is 22.6. The maximum absolute atomic E-state index is 5.40. The van der Waals surface area contributed by atoms with Crippen LogP contribution in [0.1, 0.15) is 24.9 Å². The molecule has 1 unspecified atom stereocenters. The largest absolute Gasteiger partial charge is 0.496 e. The number of nitrogens with zero attached hydrogens (tertiary/aromatic N) is 1. The second kappa shape index (κ2) is 5.52. The molecule has 1 aromatic carbocycles. The number of para-hydroxylation sites is 1. The summed E-state index contributed by atoms with van der Waals surface area (Å²) in [6.07, 6.45) is 1.23. The van der Waals surface area contributed by atoms with Crippen LogP contribution in [0.4, 0.5) is 0 Å². The fraction of sp³-hybridized carbons (Fsp3) is 0.571. The molecule has 1 saturated heterocycles. The summed E-state index contributed by atoms with van der Waals surface area (Å²) in [6, 6.07) is 9.17. The van der Waals surface area contributed by atoms with Crippen molar-refractivity contribution in [2.45, 2.75) is 25.4 Å². The van der Waals surface area contributed by atoms with Gasteiger partial charge in [0.15, 0.2) is 0 Å². The summed E-state index contributed by atoms with van der Waals surface area (Å²) in [5.41, 5.74) is 1.24. The summed E-state index contributed by atoms with van der Waals surface area (Å²) < 4.78 is 5.40. The van der Waals surface area contributed by atoms with Crippen LogP contribution in [0.25, 0.3) is 0 Å². The molecule has 0 bridgehead atoms. The van der Waals surface area contributed by atoms with Gasteiger partial charge in [-0.05, 0) is 33.0 Å². The molecule has 94 valence electrons. The van der Waals surface area contributed by atoms with Crippen LogP contribution in [0.3, 0.4) is 0 Å². The Hall–Kier alpha value is -1.06. The number of likely N-dealkylation sites (tertiary alicyclic amines) is 1. The fourth-order valence-corrected chi connectivity index (χ4v) is 2.54. The highest BCUT2D eigenvalue weighted by molar-refractivity contribution is 5.35. The maximum Gasteiger partial charge on any atom is 0.123 e. The summed E-state index contributed by atoms with van der Waals surface area (Å²) in [5, 5.41) is 3.68. The summed E-state index contributed by atoms with van der Waals surface area (Å²) in [5.74, 6) is 0.971. The van der Waals surface area contributed by atoms with Crippen molar-refractivity contribution in [2.24, 2.45) is 0 Å². The molecule has 2 atom stereocenters. The van der Waals surface area contributed by atoms with Gasteiger partial charge in [-0.15, -0.1) is 0 Å². The van der Waals surface area contributed by atoms with Gasteiger partial charge < -0.3 is 15.0 Å². The number of hydrogen-bond acceptors (Lipinski definition) is 3. The lowest BCUT2D eigenvalue weighted by molar-refractivity contribution is 0.376. The predicted molar refractivity (Wildman–Crippen MR) is 70.4 cm³/mol. The van der Waals surface area contributed by atoms with Gasteiger partial charge >= 0.3 is 0 Å². The molecule has 1 aliphatic heterocycles. The van der Waals surface area contributed by atoms with Crippen LogP contribution >= 0.6 is 0 Å². The topological polar surface area (TPSA) is 24.5 Å². The van der Waals surface area contributed by atoms with Crippen molar-refractivity contribution in [3.8, 4) is 5.75 Å². The van der Waals surface area contributed by atoms with Gasteiger partial charge in [-0.3, -0.25) is 0 Å². The van der Waals surface area contributed by atoms with E-state index >= 15 is 0 Å². The lowest BCUT2D eigenvalue weighted by Gasteiger charge is -2.21. The molecule has 0 amide bonds. The first kappa shape index (κ1) is 12.4. The quantitative estimate of drug-likeness (QED) is 0.863. The zero-order valence-electron chi connectivity index (χ0n) is 10.9. The summed E-state index contributed by atoms with van der Waals surface area (Å²) in [4.78, 5) is 2.37. The van der Waals surface area contributed by atoms with E-state index in [2.05, 4.69) is 36.3 Å². The van der Waals surface area contributed by atoms with Crippen LogP contribution < -0.4 is 10.1 Å². The van der Waals surface area contributed by atoms with E-state index in [1.165, 1.54) is 18.5 Å². The molecule has 1 heterocycles. The van der Waals surface area contributed by atoms with Gasteiger partial charge in [-0.25, -0.2) is 0 Å². The first-order chi connectivity index (χ1) is 8.20.